The second kappa shape index (κ2) is 6.37. The number of thiazole rings is 1. The maximum atomic E-state index is 5.41. The Morgan fingerprint density at radius 3 is 2.50 bits per heavy atom. The number of nitrogens with zero attached hydrogens (tertiary/aromatic N) is 1. The fourth-order valence-electron chi connectivity index (χ4n) is 2.75. The summed E-state index contributed by atoms with van der Waals surface area (Å²) in [6.07, 6.45) is 7.00. The van der Waals surface area contributed by atoms with Crippen LogP contribution in [-0.4, -0.2) is 24.2 Å². The monoisotopic (exact) mass is 288 g/mol. The molecule has 1 saturated carbocycles. The van der Waals surface area contributed by atoms with Crippen LogP contribution in [0.3, 0.4) is 0 Å². The van der Waals surface area contributed by atoms with Gasteiger partial charge in [0.1, 0.15) is 5.01 Å². The minimum atomic E-state index is 0.459. The van der Waals surface area contributed by atoms with E-state index < -0.39 is 0 Å². The van der Waals surface area contributed by atoms with Gasteiger partial charge in [-0.2, -0.15) is 0 Å². The third-order valence-corrected chi connectivity index (χ3v) is 4.76. The Kier molecular flexibility index (Phi) is 4.33. The van der Waals surface area contributed by atoms with Gasteiger partial charge in [0, 0.05) is 36.0 Å². The van der Waals surface area contributed by atoms with Crippen molar-refractivity contribution in [3.05, 3.63) is 35.8 Å². The smallest absolute Gasteiger partial charge is 0.123 e. The fraction of sp³-hybridized carbons (Fsp3) is 0.438. The maximum absolute atomic E-state index is 5.41. The molecule has 106 valence electrons. The van der Waals surface area contributed by atoms with E-state index in [9.17, 15) is 0 Å². The summed E-state index contributed by atoms with van der Waals surface area (Å²) in [4.78, 5) is 4.33. The van der Waals surface area contributed by atoms with Gasteiger partial charge in [-0.3, -0.25) is 0 Å². The van der Waals surface area contributed by atoms with Crippen molar-refractivity contribution >= 4 is 17.0 Å². The molecule has 3 rings (SSSR count). The highest BCUT2D eigenvalue weighted by Crippen LogP contribution is 2.26. The molecule has 4 heteroatoms. The minimum Gasteiger partial charge on any atom is -0.382 e. The predicted octanol–water partition coefficient (Wildman–Crippen LogP) is 4.18. The highest BCUT2D eigenvalue weighted by molar-refractivity contribution is 7.13. The molecule has 0 bridgehead atoms. The van der Waals surface area contributed by atoms with Gasteiger partial charge >= 0.3 is 0 Å². The molecule has 1 heterocycles. The zero-order valence-electron chi connectivity index (χ0n) is 11.7. The van der Waals surface area contributed by atoms with Crippen LogP contribution in [0.4, 0.5) is 5.69 Å². The maximum Gasteiger partial charge on any atom is 0.123 e. The van der Waals surface area contributed by atoms with E-state index in [0.717, 1.165) is 17.8 Å². The molecule has 1 N–H and O–H groups in total. The molecule has 1 aliphatic rings. The standard InChI is InChI=1S/C16H20N2OS/c1-19-15-8-6-14(7-9-15)18-13-4-2-12(3-5-13)16-17-10-11-20-16/h2-5,10-11,14-15,18H,6-9H2,1H3. The van der Waals surface area contributed by atoms with Crippen LogP contribution in [0.25, 0.3) is 10.6 Å². The summed E-state index contributed by atoms with van der Waals surface area (Å²) in [6, 6.07) is 9.16. The number of aromatic nitrogens is 1. The molecule has 1 aliphatic carbocycles. The molecule has 2 aromatic rings. The topological polar surface area (TPSA) is 34.1 Å². The normalized spacial score (nSPS) is 22.6. The molecular weight excluding hydrogens is 268 g/mol. The van der Waals surface area contributed by atoms with Crippen molar-refractivity contribution in [2.75, 3.05) is 12.4 Å². The first-order valence-electron chi connectivity index (χ1n) is 7.14. The van der Waals surface area contributed by atoms with Crippen molar-refractivity contribution in [3.63, 3.8) is 0 Å². The second-order valence-electron chi connectivity index (χ2n) is 5.27. The lowest BCUT2D eigenvalue weighted by Gasteiger charge is -2.28. The summed E-state index contributed by atoms with van der Waals surface area (Å²) < 4.78 is 5.41. The number of ether oxygens (including phenoxy) is 1. The number of benzene rings is 1. The molecule has 3 nitrogen and oxygen atoms in total. The summed E-state index contributed by atoms with van der Waals surface area (Å²) in [7, 11) is 1.82. The van der Waals surface area contributed by atoms with Gasteiger partial charge in [-0.25, -0.2) is 4.98 Å². The highest BCUT2D eigenvalue weighted by atomic mass is 32.1. The van der Waals surface area contributed by atoms with Gasteiger partial charge in [-0.1, -0.05) is 0 Å². The number of methoxy groups -OCH3 is 1. The summed E-state index contributed by atoms with van der Waals surface area (Å²) in [6.45, 7) is 0. The molecule has 0 amide bonds. The van der Waals surface area contributed by atoms with Gasteiger partial charge in [0.2, 0.25) is 0 Å². The summed E-state index contributed by atoms with van der Waals surface area (Å²) in [5, 5.41) is 6.72. The van der Waals surface area contributed by atoms with E-state index >= 15 is 0 Å². The largest absolute Gasteiger partial charge is 0.382 e. The average molecular weight is 288 g/mol. The highest BCUT2D eigenvalue weighted by Gasteiger charge is 2.20. The van der Waals surface area contributed by atoms with Crippen molar-refractivity contribution in [1.82, 2.24) is 4.98 Å². The Balaban J connectivity index is 1.59. The van der Waals surface area contributed by atoms with E-state index in [-0.39, 0.29) is 0 Å². The van der Waals surface area contributed by atoms with Gasteiger partial charge < -0.3 is 10.1 Å². The zero-order chi connectivity index (χ0) is 13.8. The quantitative estimate of drug-likeness (QED) is 0.916. The van der Waals surface area contributed by atoms with Gasteiger partial charge in [-0.15, -0.1) is 11.3 Å². The fourth-order valence-corrected chi connectivity index (χ4v) is 3.40. The summed E-state index contributed by atoms with van der Waals surface area (Å²) in [5.74, 6) is 0. The molecule has 1 aromatic carbocycles. The number of anilines is 1. The minimum absolute atomic E-state index is 0.459. The molecule has 0 aliphatic heterocycles. The van der Waals surface area contributed by atoms with Crippen LogP contribution in [0, 0.1) is 0 Å². The van der Waals surface area contributed by atoms with E-state index in [1.807, 2.05) is 18.7 Å². The average Bonchev–Trinajstić information content (AvgIpc) is 3.03. The Morgan fingerprint density at radius 2 is 1.90 bits per heavy atom. The van der Waals surface area contributed by atoms with Crippen molar-refractivity contribution in [2.24, 2.45) is 0 Å². The van der Waals surface area contributed by atoms with Crippen LogP contribution in [0.5, 0.6) is 0 Å². The van der Waals surface area contributed by atoms with Gasteiger partial charge in [-0.05, 0) is 49.9 Å². The Morgan fingerprint density at radius 1 is 1.15 bits per heavy atom. The van der Waals surface area contributed by atoms with Crippen LogP contribution >= 0.6 is 11.3 Å². The van der Waals surface area contributed by atoms with E-state index in [1.54, 1.807) is 11.3 Å². The molecule has 0 spiro atoms. The SMILES string of the molecule is COC1CCC(Nc2ccc(-c3nccs3)cc2)CC1. The first-order valence-corrected chi connectivity index (χ1v) is 8.02. The lowest BCUT2D eigenvalue weighted by Crippen LogP contribution is -2.29. The third kappa shape index (κ3) is 3.19. The van der Waals surface area contributed by atoms with Crippen LogP contribution in [-0.2, 0) is 4.74 Å². The molecule has 0 saturated heterocycles. The Labute approximate surface area is 124 Å². The summed E-state index contributed by atoms with van der Waals surface area (Å²) in [5.41, 5.74) is 2.39. The van der Waals surface area contributed by atoms with Crippen molar-refractivity contribution in [3.8, 4) is 10.6 Å². The van der Waals surface area contributed by atoms with Crippen LogP contribution in [0.15, 0.2) is 35.8 Å². The first-order chi connectivity index (χ1) is 9.85. The van der Waals surface area contributed by atoms with Gasteiger partial charge in [0.05, 0.1) is 6.10 Å². The molecule has 0 atom stereocenters. The third-order valence-electron chi connectivity index (χ3n) is 3.94. The zero-order valence-corrected chi connectivity index (χ0v) is 12.5. The first kappa shape index (κ1) is 13.6. The van der Waals surface area contributed by atoms with E-state index in [4.69, 9.17) is 4.74 Å². The molecule has 0 unspecified atom stereocenters. The van der Waals surface area contributed by atoms with E-state index in [0.29, 0.717) is 12.1 Å². The second-order valence-corrected chi connectivity index (χ2v) is 6.16. The molecular formula is C16H20N2OS. The van der Waals surface area contributed by atoms with Crippen molar-refractivity contribution in [1.29, 1.82) is 0 Å². The van der Waals surface area contributed by atoms with Gasteiger partial charge in [0.25, 0.3) is 0 Å². The Hall–Kier alpha value is -1.39. The van der Waals surface area contributed by atoms with Crippen LogP contribution in [0.2, 0.25) is 0 Å². The molecule has 0 radical (unpaired) electrons. The molecule has 20 heavy (non-hydrogen) atoms. The molecule has 1 fully saturated rings. The number of nitrogens with one attached hydrogen (secondary N) is 1. The molecule has 1 aromatic heterocycles. The lowest BCUT2D eigenvalue weighted by molar-refractivity contribution is 0.0682. The summed E-state index contributed by atoms with van der Waals surface area (Å²) >= 11 is 1.67. The number of rotatable bonds is 4. The predicted molar refractivity (Wildman–Crippen MR) is 84.2 cm³/mol. The van der Waals surface area contributed by atoms with Crippen molar-refractivity contribution in [2.45, 2.75) is 37.8 Å². The van der Waals surface area contributed by atoms with E-state index in [1.165, 1.54) is 24.1 Å². The number of hydrogen-bond acceptors (Lipinski definition) is 4. The lowest BCUT2D eigenvalue weighted by atomic mass is 9.93. The van der Waals surface area contributed by atoms with Crippen molar-refractivity contribution < 1.29 is 4.74 Å². The van der Waals surface area contributed by atoms with Crippen LogP contribution in [0.1, 0.15) is 25.7 Å². The number of hydrogen-bond donors (Lipinski definition) is 1. The Bertz CT molecular complexity index is 516. The van der Waals surface area contributed by atoms with Crippen LogP contribution < -0.4 is 5.32 Å². The van der Waals surface area contributed by atoms with E-state index in [2.05, 4.69) is 34.6 Å². The van der Waals surface area contributed by atoms with Gasteiger partial charge in [0.15, 0.2) is 0 Å².